The van der Waals surface area contributed by atoms with E-state index in [9.17, 15) is 14.4 Å². The van der Waals surface area contributed by atoms with Gasteiger partial charge in [0.05, 0.1) is 13.2 Å². The first-order valence-electron chi connectivity index (χ1n) is 9.23. The molecule has 1 heterocycles. The molecule has 2 atom stereocenters. The summed E-state index contributed by atoms with van der Waals surface area (Å²) in [6.07, 6.45) is 0.314. The fourth-order valence-corrected chi connectivity index (χ4v) is 3.43. The van der Waals surface area contributed by atoms with E-state index in [0.29, 0.717) is 17.7 Å². The smallest absolute Gasteiger partial charge is 0.329 e. The lowest BCUT2D eigenvalue weighted by Gasteiger charge is -2.28. The van der Waals surface area contributed by atoms with Crippen molar-refractivity contribution in [1.29, 1.82) is 0 Å². The van der Waals surface area contributed by atoms with Gasteiger partial charge in [0.25, 0.3) is 5.91 Å². The van der Waals surface area contributed by atoms with Crippen LogP contribution in [0.5, 0.6) is 5.75 Å². The van der Waals surface area contributed by atoms with Gasteiger partial charge in [0.1, 0.15) is 17.3 Å². The third kappa shape index (κ3) is 3.63. The molecule has 7 heteroatoms. The molecule has 1 aliphatic heterocycles. The van der Waals surface area contributed by atoms with E-state index in [4.69, 9.17) is 9.47 Å². The zero-order chi connectivity index (χ0) is 20.4. The van der Waals surface area contributed by atoms with Gasteiger partial charge in [0, 0.05) is 0 Å². The molecule has 1 aromatic rings. The lowest BCUT2D eigenvalue weighted by Crippen LogP contribution is -2.48. The number of carbonyl (C=O) groups is 3. The molecule has 148 valence electrons. The second-order valence-corrected chi connectivity index (χ2v) is 6.96. The first-order valence-corrected chi connectivity index (χ1v) is 9.23. The molecule has 0 saturated carbocycles. The second-order valence-electron chi connectivity index (χ2n) is 6.96. The Bertz CT molecular complexity index is 746. The number of rotatable bonds is 7. The highest BCUT2D eigenvalue weighted by Crippen LogP contribution is 2.36. The topological polar surface area (TPSA) is 84.9 Å². The van der Waals surface area contributed by atoms with Crippen molar-refractivity contribution >= 4 is 17.9 Å². The van der Waals surface area contributed by atoms with E-state index in [1.54, 1.807) is 40.0 Å². The van der Waals surface area contributed by atoms with E-state index in [1.165, 1.54) is 0 Å². The van der Waals surface area contributed by atoms with E-state index in [2.05, 4.69) is 5.32 Å². The Hall–Kier alpha value is -2.57. The standard InChI is InChI=1S/C20H28N2O5/c1-7-15(17(23)27-12(3)4)22-18(24)20(8-2,21-19(22)25)14-9-10-16(26-6)13(5)11-14/h9-12,15H,7-8H2,1-6H3,(H,21,25). The van der Waals surface area contributed by atoms with Crippen LogP contribution < -0.4 is 10.1 Å². The van der Waals surface area contributed by atoms with E-state index in [0.717, 1.165) is 10.5 Å². The molecular weight excluding hydrogens is 348 g/mol. The zero-order valence-electron chi connectivity index (χ0n) is 16.8. The number of amides is 3. The van der Waals surface area contributed by atoms with Crippen LogP contribution in [0.3, 0.4) is 0 Å². The van der Waals surface area contributed by atoms with Crippen molar-refractivity contribution in [3.05, 3.63) is 29.3 Å². The van der Waals surface area contributed by atoms with Gasteiger partial charge < -0.3 is 14.8 Å². The van der Waals surface area contributed by atoms with Gasteiger partial charge in [0.15, 0.2) is 0 Å². The molecule has 1 aliphatic rings. The molecule has 0 bridgehead atoms. The van der Waals surface area contributed by atoms with Gasteiger partial charge in [-0.15, -0.1) is 0 Å². The minimum absolute atomic E-state index is 0.284. The fourth-order valence-electron chi connectivity index (χ4n) is 3.43. The highest BCUT2D eigenvalue weighted by atomic mass is 16.5. The maximum atomic E-state index is 13.3. The first kappa shape index (κ1) is 20.7. The molecule has 1 saturated heterocycles. The number of methoxy groups -OCH3 is 1. The predicted molar refractivity (Wildman–Crippen MR) is 100 cm³/mol. The molecule has 2 unspecified atom stereocenters. The van der Waals surface area contributed by atoms with Crippen LogP contribution in [0.15, 0.2) is 18.2 Å². The minimum atomic E-state index is -1.21. The molecular formula is C20H28N2O5. The number of carbonyl (C=O) groups excluding carboxylic acids is 3. The number of benzene rings is 1. The van der Waals surface area contributed by atoms with Crippen molar-refractivity contribution in [2.24, 2.45) is 0 Å². The van der Waals surface area contributed by atoms with Gasteiger partial charge >= 0.3 is 12.0 Å². The van der Waals surface area contributed by atoms with Gasteiger partial charge in [-0.1, -0.05) is 19.9 Å². The Labute approximate surface area is 160 Å². The second kappa shape index (κ2) is 7.98. The van der Waals surface area contributed by atoms with Gasteiger partial charge in [-0.05, 0) is 56.9 Å². The number of ether oxygens (including phenoxy) is 2. The van der Waals surface area contributed by atoms with Crippen LogP contribution in [0.2, 0.25) is 0 Å². The summed E-state index contributed by atoms with van der Waals surface area (Å²) in [4.78, 5) is 39.5. The van der Waals surface area contributed by atoms with Crippen LogP contribution >= 0.6 is 0 Å². The summed E-state index contributed by atoms with van der Waals surface area (Å²) in [5, 5.41) is 2.81. The molecule has 1 fully saturated rings. The van der Waals surface area contributed by atoms with Gasteiger partial charge in [-0.2, -0.15) is 0 Å². The normalized spacial score (nSPS) is 20.6. The van der Waals surface area contributed by atoms with Crippen LogP contribution in [0.1, 0.15) is 51.7 Å². The van der Waals surface area contributed by atoms with E-state index in [-0.39, 0.29) is 12.5 Å². The predicted octanol–water partition coefficient (Wildman–Crippen LogP) is 2.89. The summed E-state index contributed by atoms with van der Waals surface area (Å²) < 4.78 is 10.5. The van der Waals surface area contributed by atoms with Crippen molar-refractivity contribution in [1.82, 2.24) is 10.2 Å². The summed E-state index contributed by atoms with van der Waals surface area (Å²) in [6.45, 7) is 8.91. The zero-order valence-corrected chi connectivity index (χ0v) is 16.8. The van der Waals surface area contributed by atoms with Crippen molar-refractivity contribution in [3.8, 4) is 5.75 Å². The summed E-state index contributed by atoms with van der Waals surface area (Å²) in [5.74, 6) is -0.313. The Morgan fingerprint density at radius 1 is 1.26 bits per heavy atom. The molecule has 0 spiro atoms. The molecule has 7 nitrogen and oxygen atoms in total. The SMILES string of the molecule is CCC(C(=O)OC(C)C)N1C(=O)NC(CC)(c2ccc(OC)c(C)c2)C1=O. The molecule has 27 heavy (non-hydrogen) atoms. The Morgan fingerprint density at radius 3 is 2.41 bits per heavy atom. The molecule has 1 N–H and O–H groups in total. The van der Waals surface area contributed by atoms with Crippen molar-refractivity contribution in [2.75, 3.05) is 7.11 Å². The largest absolute Gasteiger partial charge is 0.496 e. The van der Waals surface area contributed by atoms with E-state index < -0.39 is 29.5 Å². The quantitative estimate of drug-likeness (QED) is 0.584. The monoisotopic (exact) mass is 376 g/mol. The van der Waals surface area contributed by atoms with Crippen molar-refractivity contribution in [3.63, 3.8) is 0 Å². The van der Waals surface area contributed by atoms with Crippen LogP contribution in [0.25, 0.3) is 0 Å². The minimum Gasteiger partial charge on any atom is -0.496 e. The number of hydrogen-bond acceptors (Lipinski definition) is 5. The average Bonchev–Trinajstić information content (AvgIpc) is 2.87. The van der Waals surface area contributed by atoms with E-state index in [1.807, 2.05) is 19.9 Å². The molecule has 0 radical (unpaired) electrons. The van der Waals surface area contributed by atoms with Crippen LogP contribution in [-0.2, 0) is 19.9 Å². The average molecular weight is 376 g/mol. The highest BCUT2D eigenvalue weighted by molar-refractivity contribution is 6.09. The van der Waals surface area contributed by atoms with Crippen LogP contribution in [0.4, 0.5) is 4.79 Å². The number of urea groups is 1. The van der Waals surface area contributed by atoms with E-state index >= 15 is 0 Å². The maximum Gasteiger partial charge on any atom is 0.329 e. The number of aryl methyl sites for hydroxylation is 1. The fraction of sp³-hybridized carbons (Fsp3) is 0.550. The van der Waals surface area contributed by atoms with Crippen LogP contribution in [-0.4, -0.2) is 42.1 Å². The first-order chi connectivity index (χ1) is 12.7. The molecule has 0 aromatic heterocycles. The summed E-state index contributed by atoms with van der Waals surface area (Å²) in [6, 6.07) is 3.84. The molecule has 0 aliphatic carbocycles. The molecule has 3 amide bonds. The third-order valence-corrected chi connectivity index (χ3v) is 4.86. The maximum absolute atomic E-state index is 13.3. The summed E-state index contributed by atoms with van der Waals surface area (Å²) in [5.41, 5.74) is 0.311. The van der Waals surface area contributed by atoms with Crippen LogP contribution in [0, 0.1) is 6.92 Å². The lowest BCUT2D eigenvalue weighted by atomic mass is 9.86. The highest BCUT2D eigenvalue weighted by Gasteiger charge is 2.54. The lowest BCUT2D eigenvalue weighted by molar-refractivity contribution is -0.156. The van der Waals surface area contributed by atoms with Crippen molar-refractivity contribution < 1.29 is 23.9 Å². The van der Waals surface area contributed by atoms with Gasteiger partial charge in [-0.3, -0.25) is 4.79 Å². The Morgan fingerprint density at radius 2 is 1.93 bits per heavy atom. The number of esters is 1. The number of imide groups is 1. The number of hydrogen-bond donors (Lipinski definition) is 1. The summed E-state index contributed by atoms with van der Waals surface area (Å²) in [7, 11) is 1.58. The molecule has 2 rings (SSSR count). The number of nitrogens with one attached hydrogen (secondary N) is 1. The van der Waals surface area contributed by atoms with Gasteiger partial charge in [-0.25, -0.2) is 14.5 Å². The Kier molecular flexibility index (Phi) is 6.13. The Balaban J connectivity index is 2.44. The third-order valence-electron chi connectivity index (χ3n) is 4.86. The summed E-state index contributed by atoms with van der Waals surface area (Å²) >= 11 is 0. The number of nitrogens with zero attached hydrogens (tertiary/aromatic N) is 1. The van der Waals surface area contributed by atoms with Crippen molar-refractivity contribution in [2.45, 2.75) is 65.1 Å². The molecule has 1 aromatic carbocycles. The van der Waals surface area contributed by atoms with Gasteiger partial charge in [0.2, 0.25) is 0 Å².